The molecule has 0 saturated heterocycles. The van der Waals surface area contributed by atoms with Crippen LogP contribution in [0, 0.1) is 5.82 Å². The van der Waals surface area contributed by atoms with Gasteiger partial charge < -0.3 is 15.8 Å². The molecule has 0 saturated carbocycles. The van der Waals surface area contributed by atoms with Crippen molar-refractivity contribution in [1.82, 2.24) is 0 Å². The molecule has 3 nitrogen and oxygen atoms in total. The van der Waals surface area contributed by atoms with Gasteiger partial charge in [-0.05, 0) is 32.0 Å². The number of ether oxygens (including phenoxy) is 1. The molecule has 0 aromatic heterocycles. The van der Waals surface area contributed by atoms with E-state index in [4.69, 9.17) is 22.7 Å². The fourth-order valence-electron chi connectivity index (χ4n) is 1.35. The maximum absolute atomic E-state index is 13.0. The Balaban J connectivity index is 2.61. The van der Waals surface area contributed by atoms with Gasteiger partial charge in [0.05, 0.1) is 12.7 Å². The first kappa shape index (κ1) is 13.9. The second kappa shape index (κ2) is 6.51. The fraction of sp³-hybridized carbons (Fsp3) is 0.417. The molecular formula is C12H17FN2OS. The van der Waals surface area contributed by atoms with Crippen molar-refractivity contribution in [3.63, 3.8) is 0 Å². The van der Waals surface area contributed by atoms with Crippen LogP contribution in [0.1, 0.15) is 19.4 Å². The van der Waals surface area contributed by atoms with E-state index in [1.165, 1.54) is 12.1 Å². The lowest BCUT2D eigenvalue weighted by atomic mass is 10.1. The van der Waals surface area contributed by atoms with Gasteiger partial charge >= 0.3 is 0 Å². The molecule has 0 aliphatic rings. The Morgan fingerprint density at radius 1 is 1.53 bits per heavy atom. The second-order valence-electron chi connectivity index (χ2n) is 3.90. The van der Waals surface area contributed by atoms with Crippen molar-refractivity contribution in [3.05, 3.63) is 29.6 Å². The summed E-state index contributed by atoms with van der Waals surface area (Å²) in [6.07, 6.45) is 0.195. The minimum absolute atomic E-state index is 0.178. The van der Waals surface area contributed by atoms with Gasteiger partial charge in [0.15, 0.2) is 0 Å². The van der Waals surface area contributed by atoms with Gasteiger partial charge in [-0.15, -0.1) is 0 Å². The lowest BCUT2D eigenvalue weighted by Gasteiger charge is -2.12. The highest BCUT2D eigenvalue weighted by atomic mass is 32.1. The minimum atomic E-state index is -0.350. The minimum Gasteiger partial charge on any atom is -0.389 e. The molecule has 0 unspecified atom stereocenters. The summed E-state index contributed by atoms with van der Waals surface area (Å²) in [5.74, 6) is -0.350. The standard InChI is InChI=1S/C12H17FN2OS/c1-8(2)16-6-5-15-11-4-3-9(13)7-10(11)12(14)17/h3-4,7-8,15H,5-6H2,1-2H3,(H2,14,17). The van der Waals surface area contributed by atoms with Crippen LogP contribution in [0.25, 0.3) is 0 Å². The van der Waals surface area contributed by atoms with Gasteiger partial charge in [-0.2, -0.15) is 0 Å². The number of nitrogens with two attached hydrogens (primary N) is 1. The molecule has 0 atom stereocenters. The summed E-state index contributed by atoms with van der Waals surface area (Å²) < 4.78 is 18.4. The Labute approximate surface area is 106 Å². The number of hydrogen-bond acceptors (Lipinski definition) is 3. The molecule has 94 valence electrons. The van der Waals surface area contributed by atoms with E-state index in [1.54, 1.807) is 6.07 Å². The van der Waals surface area contributed by atoms with Crippen LogP contribution in [0.2, 0.25) is 0 Å². The predicted octanol–water partition coefficient (Wildman–Crippen LogP) is 2.30. The molecule has 0 bridgehead atoms. The van der Waals surface area contributed by atoms with Crippen LogP contribution in [-0.4, -0.2) is 24.2 Å². The predicted molar refractivity (Wildman–Crippen MR) is 71.9 cm³/mol. The number of nitrogens with one attached hydrogen (secondary N) is 1. The van der Waals surface area contributed by atoms with E-state index in [0.717, 1.165) is 5.69 Å². The average Bonchev–Trinajstić information content (AvgIpc) is 2.25. The maximum atomic E-state index is 13.0. The Morgan fingerprint density at radius 2 is 2.24 bits per heavy atom. The van der Waals surface area contributed by atoms with E-state index >= 15 is 0 Å². The first-order valence-corrected chi connectivity index (χ1v) is 5.86. The number of anilines is 1. The monoisotopic (exact) mass is 256 g/mol. The molecule has 0 fully saturated rings. The first-order chi connectivity index (χ1) is 8.00. The van der Waals surface area contributed by atoms with Crippen molar-refractivity contribution in [3.8, 4) is 0 Å². The van der Waals surface area contributed by atoms with Gasteiger partial charge in [0.25, 0.3) is 0 Å². The molecule has 5 heteroatoms. The van der Waals surface area contributed by atoms with Gasteiger partial charge in [-0.1, -0.05) is 12.2 Å². The Morgan fingerprint density at radius 3 is 2.82 bits per heavy atom. The number of hydrogen-bond donors (Lipinski definition) is 2. The van der Waals surface area contributed by atoms with Crippen LogP contribution < -0.4 is 11.1 Å². The molecule has 17 heavy (non-hydrogen) atoms. The molecule has 1 rings (SSSR count). The molecule has 1 aromatic carbocycles. The molecular weight excluding hydrogens is 239 g/mol. The summed E-state index contributed by atoms with van der Waals surface area (Å²) in [7, 11) is 0. The van der Waals surface area contributed by atoms with Gasteiger partial charge in [-0.25, -0.2) is 4.39 Å². The van der Waals surface area contributed by atoms with E-state index in [0.29, 0.717) is 18.7 Å². The summed E-state index contributed by atoms with van der Waals surface area (Å²) in [5, 5.41) is 3.12. The van der Waals surface area contributed by atoms with Crippen molar-refractivity contribution in [2.24, 2.45) is 5.73 Å². The molecule has 0 aliphatic carbocycles. The summed E-state index contributed by atoms with van der Waals surface area (Å²) in [5.41, 5.74) is 6.78. The van der Waals surface area contributed by atoms with Gasteiger partial charge in [0.1, 0.15) is 10.8 Å². The topological polar surface area (TPSA) is 47.3 Å². The largest absolute Gasteiger partial charge is 0.389 e. The van der Waals surface area contributed by atoms with E-state index in [-0.39, 0.29) is 16.9 Å². The molecule has 0 aliphatic heterocycles. The smallest absolute Gasteiger partial charge is 0.124 e. The number of rotatable bonds is 6. The van der Waals surface area contributed by atoms with Gasteiger partial charge in [-0.3, -0.25) is 0 Å². The average molecular weight is 256 g/mol. The lowest BCUT2D eigenvalue weighted by Crippen LogP contribution is -2.17. The quantitative estimate of drug-likeness (QED) is 0.605. The van der Waals surface area contributed by atoms with Crippen molar-refractivity contribution in [1.29, 1.82) is 0 Å². The highest BCUT2D eigenvalue weighted by Crippen LogP contribution is 2.16. The third kappa shape index (κ3) is 4.66. The van der Waals surface area contributed by atoms with Crippen LogP contribution in [0.15, 0.2) is 18.2 Å². The van der Waals surface area contributed by atoms with Crippen molar-refractivity contribution in [2.75, 3.05) is 18.5 Å². The summed E-state index contributed by atoms with van der Waals surface area (Å²) in [6, 6.07) is 4.32. The van der Waals surface area contributed by atoms with Crippen LogP contribution in [0.5, 0.6) is 0 Å². The van der Waals surface area contributed by atoms with Crippen LogP contribution >= 0.6 is 12.2 Å². The van der Waals surface area contributed by atoms with E-state index in [1.807, 2.05) is 13.8 Å². The van der Waals surface area contributed by atoms with Crippen molar-refractivity contribution in [2.45, 2.75) is 20.0 Å². The molecule has 1 aromatic rings. The lowest BCUT2D eigenvalue weighted by molar-refractivity contribution is 0.0870. The zero-order valence-electron chi connectivity index (χ0n) is 10.00. The normalized spacial score (nSPS) is 10.6. The fourth-order valence-corrected chi connectivity index (χ4v) is 1.52. The molecule has 0 heterocycles. The Bertz CT molecular complexity index is 396. The molecule has 3 N–H and O–H groups in total. The van der Waals surface area contributed by atoms with E-state index in [9.17, 15) is 4.39 Å². The summed E-state index contributed by atoms with van der Waals surface area (Å²) >= 11 is 4.87. The molecule has 0 spiro atoms. The van der Waals surface area contributed by atoms with E-state index in [2.05, 4.69) is 5.32 Å². The number of thiocarbonyl (C=S) groups is 1. The zero-order chi connectivity index (χ0) is 12.8. The summed E-state index contributed by atoms with van der Waals surface area (Å²) in [4.78, 5) is 0.178. The highest BCUT2D eigenvalue weighted by Gasteiger charge is 2.06. The SMILES string of the molecule is CC(C)OCCNc1ccc(F)cc1C(N)=S. The van der Waals surface area contributed by atoms with Gasteiger partial charge in [0.2, 0.25) is 0 Å². The van der Waals surface area contributed by atoms with Crippen molar-refractivity contribution >= 4 is 22.9 Å². The van der Waals surface area contributed by atoms with Crippen LogP contribution in [-0.2, 0) is 4.74 Å². The van der Waals surface area contributed by atoms with E-state index < -0.39 is 0 Å². The Kier molecular flexibility index (Phi) is 5.31. The Hall–Kier alpha value is -1.20. The first-order valence-electron chi connectivity index (χ1n) is 5.45. The zero-order valence-corrected chi connectivity index (χ0v) is 10.8. The van der Waals surface area contributed by atoms with Gasteiger partial charge in [0, 0.05) is 17.8 Å². The third-order valence-corrected chi connectivity index (χ3v) is 2.34. The van der Waals surface area contributed by atoms with Crippen molar-refractivity contribution < 1.29 is 9.13 Å². The molecule has 0 radical (unpaired) electrons. The summed E-state index contributed by atoms with van der Waals surface area (Å²) in [6.45, 7) is 5.14. The van der Waals surface area contributed by atoms with Crippen LogP contribution in [0.3, 0.4) is 0 Å². The highest BCUT2D eigenvalue weighted by molar-refractivity contribution is 7.80. The molecule has 0 amide bonds. The third-order valence-electron chi connectivity index (χ3n) is 2.12. The second-order valence-corrected chi connectivity index (χ2v) is 4.34. The number of halogens is 1. The number of benzene rings is 1. The van der Waals surface area contributed by atoms with Crippen LogP contribution in [0.4, 0.5) is 10.1 Å². The maximum Gasteiger partial charge on any atom is 0.124 e.